The molecule has 8 heteroatoms. The zero-order chi connectivity index (χ0) is 14.6. The number of hydrogen-bond acceptors (Lipinski definition) is 6. The van der Waals surface area contributed by atoms with Gasteiger partial charge in [0.05, 0.1) is 1.37 Å². The zero-order valence-electron chi connectivity index (χ0n) is 10.9. The molecular formula is C6H12N2O4S2. The monoisotopic (exact) mass is 244 g/mol. The first kappa shape index (κ1) is 7.80. The minimum Gasteiger partial charge on any atom is -0.480 e. The molecule has 0 amide bonds. The molecule has 0 spiro atoms. The van der Waals surface area contributed by atoms with Crippen molar-refractivity contribution in [2.45, 2.75) is 12.1 Å². The first-order chi connectivity index (χ1) is 8.08. The van der Waals surface area contributed by atoms with Gasteiger partial charge in [0.2, 0.25) is 0 Å². The van der Waals surface area contributed by atoms with Crippen LogP contribution in [-0.4, -0.2) is 45.7 Å². The molecule has 0 aromatic carbocycles. The molecule has 14 heavy (non-hydrogen) atoms. The maximum absolute atomic E-state index is 10.8. The van der Waals surface area contributed by atoms with E-state index >= 15 is 0 Å². The lowest BCUT2D eigenvalue weighted by Gasteiger charge is -2.07. The van der Waals surface area contributed by atoms with Crippen LogP contribution in [0.15, 0.2) is 0 Å². The quantitative estimate of drug-likeness (QED) is 0.408. The lowest BCUT2D eigenvalue weighted by atomic mass is 10.4. The van der Waals surface area contributed by atoms with E-state index in [1.807, 2.05) is 0 Å². The Morgan fingerprint density at radius 2 is 2.14 bits per heavy atom. The lowest BCUT2D eigenvalue weighted by Crippen LogP contribution is -2.33. The van der Waals surface area contributed by atoms with E-state index in [4.69, 9.17) is 21.5 Å². The van der Waals surface area contributed by atoms with E-state index in [9.17, 15) is 9.59 Å². The first-order valence-electron chi connectivity index (χ1n) is 5.30. The predicted molar refractivity (Wildman–Crippen MR) is 56.1 cm³/mol. The number of carboxylic acid groups (broad SMARTS) is 2. The van der Waals surface area contributed by atoms with Gasteiger partial charge in [-0.2, -0.15) is 0 Å². The van der Waals surface area contributed by atoms with E-state index in [2.05, 4.69) is 0 Å². The Bertz CT molecular complexity index is 335. The first-order valence-corrected chi connectivity index (χ1v) is 5.61. The summed E-state index contributed by atoms with van der Waals surface area (Å²) in [6, 6.07) is -4.08. The maximum atomic E-state index is 10.8. The van der Waals surface area contributed by atoms with Crippen LogP contribution in [0.2, 0.25) is 1.41 Å². The lowest BCUT2D eigenvalue weighted by molar-refractivity contribution is -0.138. The Balaban J connectivity index is 4.56. The van der Waals surface area contributed by atoms with Crippen molar-refractivity contribution < 1.29 is 25.3 Å². The molecule has 0 saturated heterocycles. The van der Waals surface area contributed by atoms with Gasteiger partial charge >= 0.3 is 11.9 Å². The molecule has 0 aliphatic carbocycles. The van der Waals surface area contributed by atoms with Gasteiger partial charge in [0.15, 0.2) is 0 Å². The van der Waals surface area contributed by atoms with Gasteiger partial charge in [0.1, 0.15) is 13.5 Å². The fraction of sp³-hybridized carbons (Fsp3) is 0.667. The van der Waals surface area contributed by atoms with Crippen LogP contribution in [0.3, 0.4) is 0 Å². The molecule has 0 radical (unpaired) electrons. The van der Waals surface area contributed by atoms with Crippen molar-refractivity contribution in [3.05, 3.63) is 0 Å². The standard InChI is InChI=1S/C6H12N2O4S2/c7-3(5(9)10)1-13-14-2-4(8)6(11)12/h3-4H,1-2,7-8H2,(H,9,10)(H,11,12)/t3-,4-/m0/s1/i1D2,3D/hD. The van der Waals surface area contributed by atoms with E-state index in [-0.39, 0.29) is 5.75 Å². The molecule has 0 bridgehead atoms. The molecule has 0 aliphatic heterocycles. The molecule has 0 saturated carbocycles. The fourth-order valence-corrected chi connectivity index (χ4v) is 1.95. The summed E-state index contributed by atoms with van der Waals surface area (Å²) in [5, 5.41) is 17.2. The smallest absolute Gasteiger partial charge is 0.321 e. The summed E-state index contributed by atoms with van der Waals surface area (Å²) >= 11 is 0. The van der Waals surface area contributed by atoms with Crippen molar-refractivity contribution in [2.24, 2.45) is 11.5 Å². The molecule has 0 aromatic heterocycles. The molecule has 0 rings (SSSR count). The van der Waals surface area contributed by atoms with Gasteiger partial charge in [-0.05, 0) is 0 Å². The SMILES string of the molecule is [2H]N[C@]([2H])(C(=O)O)C([2H])([2H])SSC[C@H](N)C(=O)O. The molecule has 0 heterocycles. The van der Waals surface area contributed by atoms with Crippen molar-refractivity contribution in [2.75, 3.05) is 11.5 Å². The molecule has 0 fully saturated rings. The van der Waals surface area contributed by atoms with Crippen molar-refractivity contribution in [3.63, 3.8) is 0 Å². The van der Waals surface area contributed by atoms with E-state index in [0.717, 1.165) is 0 Å². The summed E-state index contributed by atoms with van der Waals surface area (Å²) in [4.78, 5) is 21.2. The van der Waals surface area contributed by atoms with Crippen LogP contribution in [0.4, 0.5) is 0 Å². The van der Waals surface area contributed by atoms with Gasteiger partial charge in [-0.15, -0.1) is 0 Å². The highest BCUT2D eigenvalue weighted by Crippen LogP contribution is 2.22. The Hall–Kier alpha value is -0.440. The molecule has 82 valence electrons. The molecule has 0 aromatic rings. The van der Waals surface area contributed by atoms with Gasteiger partial charge in [-0.1, -0.05) is 21.6 Å². The number of aliphatic carboxylic acids is 2. The van der Waals surface area contributed by atoms with E-state index < -0.39 is 29.7 Å². The summed E-state index contributed by atoms with van der Waals surface area (Å²) in [7, 11) is 1.03. The zero-order valence-corrected chi connectivity index (χ0v) is 8.52. The van der Waals surface area contributed by atoms with Crippen LogP contribution >= 0.6 is 21.6 Å². The van der Waals surface area contributed by atoms with Gasteiger partial charge in [0.25, 0.3) is 0 Å². The number of hydrogen-bond donors (Lipinski definition) is 4. The third kappa shape index (κ3) is 6.08. The van der Waals surface area contributed by atoms with Crippen molar-refractivity contribution in [1.29, 1.82) is 0 Å². The van der Waals surface area contributed by atoms with Gasteiger partial charge in [-0.25, -0.2) is 0 Å². The molecule has 0 unspecified atom stereocenters. The van der Waals surface area contributed by atoms with Crippen LogP contribution in [-0.2, 0) is 9.59 Å². The van der Waals surface area contributed by atoms with E-state index in [1.54, 1.807) is 0 Å². The second kappa shape index (κ2) is 6.93. The Morgan fingerprint density at radius 1 is 1.50 bits per heavy atom. The third-order valence-corrected chi connectivity index (χ3v) is 2.89. The highest BCUT2D eigenvalue weighted by molar-refractivity contribution is 8.76. The van der Waals surface area contributed by atoms with Crippen LogP contribution in [0.5, 0.6) is 0 Å². The summed E-state index contributed by atoms with van der Waals surface area (Å²) in [6.45, 7) is 0. The summed E-state index contributed by atoms with van der Waals surface area (Å²) in [5.41, 5.74) is 3.87. The predicted octanol–water partition coefficient (Wildman–Crippen LogP) is -0.808. The van der Waals surface area contributed by atoms with Crippen LogP contribution in [0.25, 0.3) is 0 Å². The number of nitrogens with two attached hydrogens (primary N) is 2. The van der Waals surface area contributed by atoms with Crippen molar-refractivity contribution in [3.8, 4) is 0 Å². The van der Waals surface area contributed by atoms with Crippen molar-refractivity contribution >= 4 is 33.5 Å². The second-order valence-corrected chi connectivity index (χ2v) is 4.24. The molecule has 2 atom stereocenters. The van der Waals surface area contributed by atoms with Crippen molar-refractivity contribution in [1.82, 2.24) is 0 Å². The Labute approximate surface area is 94.5 Å². The summed E-state index contributed by atoms with van der Waals surface area (Å²) < 4.78 is 28.9. The third-order valence-electron chi connectivity index (χ3n) is 0.981. The minimum atomic E-state index is -2.86. The minimum absolute atomic E-state index is 0.160. The van der Waals surface area contributed by atoms with Gasteiger partial charge < -0.3 is 21.7 Å². The highest BCUT2D eigenvalue weighted by atomic mass is 33.1. The van der Waals surface area contributed by atoms with Gasteiger partial charge in [-0.3, -0.25) is 9.59 Å². The second-order valence-electron chi connectivity index (χ2n) is 2.09. The molecular weight excluding hydrogens is 228 g/mol. The molecule has 6 nitrogen and oxygen atoms in total. The maximum Gasteiger partial charge on any atom is 0.321 e. The molecule has 0 aliphatic rings. The normalized spacial score (nSPS) is 22.1. The number of carboxylic acids is 2. The number of carbonyl (C=O) groups is 2. The highest BCUT2D eigenvalue weighted by Gasteiger charge is 2.14. The van der Waals surface area contributed by atoms with Gasteiger partial charge in [0, 0.05) is 14.2 Å². The average Bonchev–Trinajstić information content (AvgIpc) is 2.26. The average molecular weight is 244 g/mol. The van der Waals surface area contributed by atoms with E-state index in [1.165, 1.54) is 5.73 Å². The Morgan fingerprint density at radius 3 is 2.57 bits per heavy atom. The number of rotatable bonds is 8. The van der Waals surface area contributed by atoms with Crippen LogP contribution < -0.4 is 11.5 Å². The van der Waals surface area contributed by atoms with Crippen LogP contribution in [0.1, 0.15) is 4.11 Å². The summed E-state index contributed by atoms with van der Waals surface area (Å²) in [6.07, 6.45) is 0. The van der Waals surface area contributed by atoms with E-state index in [0.29, 0.717) is 21.6 Å². The van der Waals surface area contributed by atoms with Crippen LogP contribution in [0, 0.1) is 0 Å². The topological polar surface area (TPSA) is 127 Å². The summed E-state index contributed by atoms with van der Waals surface area (Å²) in [5.74, 6) is -3.27. The molecule has 6 N–H and O–H groups in total. The Kier molecular flexibility index (Phi) is 3.86. The largest absolute Gasteiger partial charge is 0.480 e. The fourth-order valence-electron chi connectivity index (χ4n) is 0.293.